The standard InChI is InChI=1S/C4H11NSi/c1-4(2-5)3-6/h1-3,5H2,6H3. The fourth-order valence-electron chi connectivity index (χ4n) is 0.144. The van der Waals surface area contributed by atoms with E-state index in [1.54, 1.807) is 0 Å². The zero-order chi connectivity index (χ0) is 4.99. The minimum atomic E-state index is 0.670. The maximum Gasteiger partial charge on any atom is 0.0130 e. The summed E-state index contributed by atoms with van der Waals surface area (Å²) in [6, 6.07) is 1.15. The summed E-state index contributed by atoms with van der Waals surface area (Å²) in [6.45, 7) is 4.37. The first-order chi connectivity index (χ1) is 2.81. The molecule has 0 saturated carbocycles. The van der Waals surface area contributed by atoms with E-state index in [1.807, 2.05) is 0 Å². The predicted molar refractivity (Wildman–Crippen MR) is 32.9 cm³/mol. The second-order valence-corrected chi connectivity index (χ2v) is 2.01. The molecule has 0 unspecified atom stereocenters. The van der Waals surface area contributed by atoms with Crippen LogP contribution in [0.25, 0.3) is 0 Å². The van der Waals surface area contributed by atoms with Crippen molar-refractivity contribution in [3.05, 3.63) is 12.2 Å². The highest BCUT2D eigenvalue weighted by Gasteiger charge is 1.78. The van der Waals surface area contributed by atoms with Gasteiger partial charge in [-0.15, -0.1) is 0 Å². The van der Waals surface area contributed by atoms with Gasteiger partial charge in [0.05, 0.1) is 0 Å². The first-order valence-electron chi connectivity index (χ1n) is 2.18. The molecule has 0 bridgehead atoms. The molecule has 0 aromatic heterocycles. The summed E-state index contributed by atoms with van der Waals surface area (Å²) in [5, 5.41) is 0. The van der Waals surface area contributed by atoms with Crippen molar-refractivity contribution >= 4 is 10.2 Å². The zero-order valence-electron chi connectivity index (χ0n) is 4.20. The summed E-state index contributed by atoms with van der Waals surface area (Å²) in [7, 11) is 1.20. The third kappa shape index (κ3) is 2.17. The summed E-state index contributed by atoms with van der Waals surface area (Å²) in [6.07, 6.45) is 0. The van der Waals surface area contributed by atoms with E-state index >= 15 is 0 Å². The fourth-order valence-corrected chi connectivity index (χ4v) is 0.433. The van der Waals surface area contributed by atoms with Crippen molar-refractivity contribution in [2.45, 2.75) is 6.04 Å². The predicted octanol–water partition coefficient (Wildman–Crippen LogP) is -0.715. The van der Waals surface area contributed by atoms with Gasteiger partial charge in [-0.25, -0.2) is 0 Å². The molecule has 0 aliphatic carbocycles. The van der Waals surface area contributed by atoms with Crippen molar-refractivity contribution in [3.8, 4) is 0 Å². The maximum atomic E-state index is 5.21. The molecule has 0 aromatic carbocycles. The van der Waals surface area contributed by atoms with Gasteiger partial charge in [-0.05, 0) is 6.04 Å². The van der Waals surface area contributed by atoms with Gasteiger partial charge in [0, 0.05) is 16.8 Å². The zero-order valence-corrected chi connectivity index (χ0v) is 6.20. The van der Waals surface area contributed by atoms with Crippen LogP contribution in [-0.4, -0.2) is 16.8 Å². The number of hydrogen-bond donors (Lipinski definition) is 1. The lowest BCUT2D eigenvalue weighted by Gasteiger charge is -1.89. The fraction of sp³-hybridized carbons (Fsp3) is 0.500. The summed E-state index contributed by atoms with van der Waals surface area (Å²) in [5.74, 6) is 0. The van der Waals surface area contributed by atoms with E-state index in [0.29, 0.717) is 6.54 Å². The highest BCUT2D eigenvalue weighted by atomic mass is 28.1. The van der Waals surface area contributed by atoms with E-state index in [2.05, 4.69) is 6.58 Å². The Balaban J connectivity index is 2.99. The Morgan fingerprint density at radius 3 is 2.33 bits per heavy atom. The average Bonchev–Trinajstić information content (AvgIpc) is 1.65. The van der Waals surface area contributed by atoms with Crippen LogP contribution in [0, 0.1) is 0 Å². The Hall–Kier alpha value is -0.0831. The lowest BCUT2D eigenvalue weighted by Crippen LogP contribution is -2.00. The van der Waals surface area contributed by atoms with Crippen LogP contribution in [0.15, 0.2) is 12.2 Å². The van der Waals surface area contributed by atoms with Crippen molar-refractivity contribution in [2.75, 3.05) is 6.54 Å². The van der Waals surface area contributed by atoms with Gasteiger partial charge in [0.2, 0.25) is 0 Å². The molecule has 0 amide bonds. The minimum Gasteiger partial charge on any atom is -0.327 e. The molecule has 1 nitrogen and oxygen atoms in total. The molecular formula is C4H11NSi. The van der Waals surface area contributed by atoms with Crippen LogP contribution in [0.1, 0.15) is 0 Å². The Morgan fingerprint density at radius 2 is 2.33 bits per heavy atom. The smallest absolute Gasteiger partial charge is 0.0130 e. The largest absolute Gasteiger partial charge is 0.327 e. The Kier molecular flexibility index (Phi) is 3.08. The van der Waals surface area contributed by atoms with Gasteiger partial charge in [0.25, 0.3) is 0 Å². The van der Waals surface area contributed by atoms with Gasteiger partial charge in [0.1, 0.15) is 0 Å². The van der Waals surface area contributed by atoms with Crippen molar-refractivity contribution in [2.24, 2.45) is 5.73 Å². The summed E-state index contributed by atoms with van der Waals surface area (Å²) < 4.78 is 0. The quantitative estimate of drug-likeness (QED) is 0.361. The highest BCUT2D eigenvalue weighted by Crippen LogP contribution is 1.86. The summed E-state index contributed by atoms with van der Waals surface area (Å²) >= 11 is 0. The van der Waals surface area contributed by atoms with Gasteiger partial charge in [-0.2, -0.15) is 0 Å². The second kappa shape index (κ2) is 3.12. The molecule has 0 aliphatic rings. The van der Waals surface area contributed by atoms with Gasteiger partial charge in [0.15, 0.2) is 0 Å². The molecule has 0 rings (SSSR count). The normalized spacial score (nSPS) is 8.83. The molecule has 0 aliphatic heterocycles. The molecule has 0 aromatic rings. The van der Waals surface area contributed by atoms with E-state index < -0.39 is 0 Å². The van der Waals surface area contributed by atoms with Crippen LogP contribution in [0.3, 0.4) is 0 Å². The SMILES string of the molecule is C=C(CN)C[SiH3]. The Labute approximate surface area is 41.7 Å². The highest BCUT2D eigenvalue weighted by molar-refractivity contribution is 6.10. The number of rotatable bonds is 2. The third-order valence-corrected chi connectivity index (χ3v) is 1.79. The molecule has 0 atom stereocenters. The molecule has 2 N–H and O–H groups in total. The van der Waals surface area contributed by atoms with Gasteiger partial charge in [-0.3, -0.25) is 0 Å². The summed E-state index contributed by atoms with van der Waals surface area (Å²) in [5.41, 5.74) is 6.39. The van der Waals surface area contributed by atoms with Crippen LogP contribution in [-0.2, 0) is 0 Å². The minimum absolute atomic E-state index is 0.670. The monoisotopic (exact) mass is 101 g/mol. The second-order valence-electron chi connectivity index (χ2n) is 1.31. The van der Waals surface area contributed by atoms with E-state index in [4.69, 9.17) is 5.73 Å². The number of nitrogens with two attached hydrogens (primary N) is 1. The van der Waals surface area contributed by atoms with Crippen molar-refractivity contribution in [1.29, 1.82) is 0 Å². The molecule has 0 saturated heterocycles. The van der Waals surface area contributed by atoms with E-state index in [0.717, 1.165) is 6.04 Å². The van der Waals surface area contributed by atoms with Gasteiger partial charge >= 0.3 is 0 Å². The Bertz CT molecular complexity index is 45.5. The van der Waals surface area contributed by atoms with E-state index in [1.165, 1.54) is 15.8 Å². The molecule has 36 valence electrons. The number of hydrogen-bond acceptors (Lipinski definition) is 1. The van der Waals surface area contributed by atoms with Crippen molar-refractivity contribution in [3.63, 3.8) is 0 Å². The molecule has 6 heavy (non-hydrogen) atoms. The summed E-state index contributed by atoms with van der Waals surface area (Å²) in [4.78, 5) is 0. The van der Waals surface area contributed by atoms with Crippen LogP contribution in [0.4, 0.5) is 0 Å². The molecular weight excluding hydrogens is 90.1 g/mol. The average molecular weight is 101 g/mol. The molecule has 0 radical (unpaired) electrons. The van der Waals surface area contributed by atoms with Crippen molar-refractivity contribution in [1.82, 2.24) is 0 Å². The first kappa shape index (κ1) is 5.92. The molecule has 0 heterocycles. The van der Waals surface area contributed by atoms with Crippen LogP contribution >= 0.6 is 0 Å². The maximum absolute atomic E-state index is 5.21. The lowest BCUT2D eigenvalue weighted by molar-refractivity contribution is 1.15. The van der Waals surface area contributed by atoms with Crippen LogP contribution < -0.4 is 5.73 Å². The van der Waals surface area contributed by atoms with Crippen LogP contribution in [0.5, 0.6) is 0 Å². The molecule has 0 spiro atoms. The third-order valence-electron chi connectivity index (χ3n) is 0.789. The molecule has 2 heteroatoms. The van der Waals surface area contributed by atoms with E-state index in [-0.39, 0.29) is 0 Å². The van der Waals surface area contributed by atoms with Crippen LogP contribution in [0.2, 0.25) is 6.04 Å². The van der Waals surface area contributed by atoms with Gasteiger partial charge in [-0.1, -0.05) is 12.2 Å². The Morgan fingerprint density at radius 1 is 1.83 bits per heavy atom. The topological polar surface area (TPSA) is 26.0 Å². The first-order valence-corrected chi connectivity index (χ1v) is 3.59. The van der Waals surface area contributed by atoms with E-state index in [9.17, 15) is 0 Å². The lowest BCUT2D eigenvalue weighted by atomic mass is 10.4. The van der Waals surface area contributed by atoms with Crippen molar-refractivity contribution < 1.29 is 0 Å². The molecule has 0 fully saturated rings. The van der Waals surface area contributed by atoms with Gasteiger partial charge < -0.3 is 5.73 Å².